The molecule has 0 bridgehead atoms. The average Bonchev–Trinajstić information content (AvgIpc) is 3.30. The van der Waals surface area contributed by atoms with Gasteiger partial charge in [-0.2, -0.15) is 0 Å². The Hall–Kier alpha value is -3.77. The number of carbonyl (C=O) groups excluding carboxylic acids is 1. The molecule has 6 nitrogen and oxygen atoms in total. The normalized spacial score (nSPS) is 14.7. The smallest absolute Gasteiger partial charge is 0.277 e. The molecule has 1 fully saturated rings. The maximum Gasteiger partial charge on any atom is 0.277 e. The highest BCUT2D eigenvalue weighted by Gasteiger charge is 2.29. The standard InChI is InChI=1S/C26H24N4O2/c31-26(23-18-21-12-7-13-22(28-32)24(21)27-23)30-16-14-29(15-17-30)25(19-8-3-1-4-9-19)20-10-5-2-6-11-20/h1-13,18,25,27H,14-17H2/p+1. The summed E-state index contributed by atoms with van der Waals surface area (Å²) in [6, 6.07) is 28.4. The summed E-state index contributed by atoms with van der Waals surface area (Å²) in [6.45, 7) is 2.87. The van der Waals surface area contributed by atoms with Crippen LogP contribution >= 0.6 is 0 Å². The van der Waals surface area contributed by atoms with E-state index in [9.17, 15) is 9.70 Å². The van der Waals surface area contributed by atoms with Crippen molar-refractivity contribution in [3.8, 4) is 0 Å². The largest absolute Gasteiger partial charge is 0.345 e. The number of hydrogen-bond donors (Lipinski definition) is 2. The van der Waals surface area contributed by atoms with Gasteiger partial charge in [-0.25, -0.2) is 0 Å². The number of H-pyrrole nitrogens is 1. The lowest BCUT2D eigenvalue weighted by atomic mass is 9.96. The third kappa shape index (κ3) is 3.81. The molecule has 0 aliphatic carbocycles. The van der Waals surface area contributed by atoms with Crippen LogP contribution in [0.25, 0.3) is 10.9 Å². The zero-order valence-corrected chi connectivity index (χ0v) is 17.7. The zero-order valence-electron chi connectivity index (χ0n) is 17.7. The van der Waals surface area contributed by atoms with Crippen LogP contribution in [0.4, 0.5) is 5.69 Å². The molecule has 0 atom stereocenters. The number of nitrogens with zero attached hydrogens (tertiary/aromatic N) is 2. The number of hydrogen-bond acceptors (Lipinski definition) is 3. The van der Waals surface area contributed by atoms with Crippen LogP contribution in [-0.2, 0) is 0 Å². The van der Waals surface area contributed by atoms with E-state index in [4.69, 9.17) is 0 Å². The Morgan fingerprint density at radius 3 is 2.03 bits per heavy atom. The van der Waals surface area contributed by atoms with E-state index < -0.39 is 0 Å². The Morgan fingerprint density at radius 2 is 1.44 bits per heavy atom. The molecule has 2 N–H and O–H groups in total. The minimum atomic E-state index is -0.0336. The van der Waals surface area contributed by atoms with Crippen molar-refractivity contribution in [1.82, 2.24) is 14.8 Å². The third-order valence-corrected chi connectivity index (χ3v) is 6.19. The van der Waals surface area contributed by atoms with Crippen molar-refractivity contribution in [2.45, 2.75) is 6.04 Å². The summed E-state index contributed by atoms with van der Waals surface area (Å²) in [6.07, 6.45) is 0. The van der Waals surface area contributed by atoms with Crippen molar-refractivity contribution < 1.29 is 9.97 Å². The maximum absolute atomic E-state index is 13.2. The third-order valence-electron chi connectivity index (χ3n) is 6.19. The fourth-order valence-electron chi connectivity index (χ4n) is 4.59. The van der Waals surface area contributed by atoms with Gasteiger partial charge in [0.2, 0.25) is 0 Å². The molecule has 1 aliphatic heterocycles. The number of benzene rings is 3. The molecule has 5 rings (SSSR count). The Morgan fingerprint density at radius 1 is 0.812 bits per heavy atom. The lowest BCUT2D eigenvalue weighted by Gasteiger charge is -2.39. The van der Waals surface area contributed by atoms with Gasteiger partial charge in [0, 0.05) is 47.7 Å². The SMILES string of the molecule is O=[NH+]c1cccc2cc(C(=O)N3CCN(C(c4ccccc4)c4ccccc4)CC3)[nH]c12. The first-order chi connectivity index (χ1) is 15.7. The first-order valence-corrected chi connectivity index (χ1v) is 10.9. The van der Waals surface area contributed by atoms with E-state index in [0.717, 1.165) is 18.5 Å². The molecule has 1 saturated heterocycles. The number of rotatable bonds is 5. The summed E-state index contributed by atoms with van der Waals surface area (Å²) in [7, 11) is 0. The van der Waals surface area contributed by atoms with Gasteiger partial charge in [0.25, 0.3) is 11.6 Å². The summed E-state index contributed by atoms with van der Waals surface area (Å²) < 4.78 is 0. The number of fused-ring (bicyclic) bond motifs is 1. The Balaban J connectivity index is 1.35. The lowest BCUT2D eigenvalue weighted by Crippen LogP contribution is -2.55. The summed E-state index contributed by atoms with van der Waals surface area (Å²) in [4.78, 5) is 31.8. The highest BCUT2D eigenvalue weighted by molar-refractivity contribution is 6.00. The highest BCUT2D eigenvalue weighted by Crippen LogP contribution is 2.30. The maximum atomic E-state index is 13.2. The van der Waals surface area contributed by atoms with Crippen molar-refractivity contribution in [3.63, 3.8) is 0 Å². The van der Waals surface area contributed by atoms with E-state index in [1.807, 2.05) is 34.3 Å². The quantitative estimate of drug-likeness (QED) is 0.516. The number of carbonyl (C=O) groups is 1. The predicted molar refractivity (Wildman–Crippen MR) is 124 cm³/mol. The van der Waals surface area contributed by atoms with Gasteiger partial charge >= 0.3 is 0 Å². The summed E-state index contributed by atoms with van der Waals surface area (Å²) in [5, 5.41) is 2.79. The molecule has 0 saturated carbocycles. The second kappa shape index (κ2) is 8.77. The van der Waals surface area contributed by atoms with Crippen LogP contribution in [0.3, 0.4) is 0 Å². The van der Waals surface area contributed by atoms with Gasteiger partial charge in [-0.3, -0.25) is 9.69 Å². The molecule has 160 valence electrons. The molecule has 4 aromatic rings. The van der Waals surface area contributed by atoms with Gasteiger partial charge < -0.3 is 9.88 Å². The summed E-state index contributed by atoms with van der Waals surface area (Å²) in [5.41, 5.74) is 4.13. The molecule has 6 heteroatoms. The predicted octanol–water partition coefficient (Wildman–Crippen LogP) is 3.19. The number of aromatic amines is 1. The molecule has 0 unspecified atom stereocenters. The number of amides is 1. The van der Waals surface area contributed by atoms with E-state index in [1.165, 1.54) is 11.1 Å². The van der Waals surface area contributed by atoms with Crippen LogP contribution in [0.2, 0.25) is 0 Å². The zero-order chi connectivity index (χ0) is 21.9. The molecule has 1 amide bonds. The van der Waals surface area contributed by atoms with Gasteiger partial charge in [-0.15, -0.1) is 0 Å². The fourth-order valence-corrected chi connectivity index (χ4v) is 4.59. The van der Waals surface area contributed by atoms with E-state index in [0.29, 0.717) is 30.0 Å². The van der Waals surface area contributed by atoms with E-state index in [-0.39, 0.29) is 11.9 Å². The molecule has 3 aromatic carbocycles. The van der Waals surface area contributed by atoms with E-state index >= 15 is 0 Å². The highest BCUT2D eigenvalue weighted by atomic mass is 16.3. The van der Waals surface area contributed by atoms with Crippen molar-refractivity contribution in [2.75, 3.05) is 26.2 Å². The van der Waals surface area contributed by atoms with Gasteiger partial charge in [-0.1, -0.05) is 72.8 Å². The molecule has 1 aliphatic rings. The molecule has 0 spiro atoms. The molecule has 1 aromatic heterocycles. The van der Waals surface area contributed by atoms with E-state index in [1.54, 1.807) is 12.1 Å². The summed E-state index contributed by atoms with van der Waals surface area (Å²) in [5.74, 6) is -0.0336. The second-order valence-electron chi connectivity index (χ2n) is 8.11. The van der Waals surface area contributed by atoms with Crippen LogP contribution in [0.15, 0.2) is 84.9 Å². The van der Waals surface area contributed by atoms with Crippen LogP contribution in [0, 0.1) is 4.91 Å². The van der Waals surface area contributed by atoms with Crippen molar-refractivity contribution in [2.24, 2.45) is 0 Å². The minimum Gasteiger partial charge on any atom is -0.345 e. The van der Waals surface area contributed by atoms with Crippen LogP contribution in [-0.4, -0.2) is 46.9 Å². The van der Waals surface area contributed by atoms with Gasteiger partial charge in [0.05, 0.1) is 6.04 Å². The fraction of sp³-hybridized carbons (Fsp3) is 0.192. The van der Waals surface area contributed by atoms with Crippen molar-refractivity contribution >= 4 is 22.5 Å². The van der Waals surface area contributed by atoms with Crippen molar-refractivity contribution in [1.29, 1.82) is 0 Å². The first-order valence-electron chi connectivity index (χ1n) is 10.9. The first kappa shape index (κ1) is 20.2. The topological polar surface area (TPSA) is 70.4 Å². The van der Waals surface area contributed by atoms with Crippen LogP contribution < -0.4 is 5.18 Å². The monoisotopic (exact) mass is 425 g/mol. The number of piperazine rings is 1. The summed E-state index contributed by atoms with van der Waals surface area (Å²) >= 11 is 0. The van der Waals surface area contributed by atoms with E-state index in [2.05, 4.69) is 58.4 Å². The van der Waals surface area contributed by atoms with Crippen LogP contribution in [0.1, 0.15) is 27.7 Å². The minimum absolute atomic E-state index is 0.0336. The molecule has 32 heavy (non-hydrogen) atoms. The number of nitroso groups, excluding NO2 is 1. The molecule has 0 radical (unpaired) electrons. The Bertz CT molecular complexity index is 1190. The molecular formula is C26H25N4O2+. The molecular weight excluding hydrogens is 400 g/mol. The second-order valence-corrected chi connectivity index (χ2v) is 8.11. The van der Waals surface area contributed by atoms with Gasteiger partial charge in [0.1, 0.15) is 11.2 Å². The number of aromatic nitrogens is 1. The lowest BCUT2D eigenvalue weighted by molar-refractivity contribution is -0.377. The number of para-hydroxylation sites is 1. The van der Waals surface area contributed by atoms with Gasteiger partial charge in [-0.05, 0) is 17.2 Å². The Labute approximate surface area is 186 Å². The molecule has 2 heterocycles. The average molecular weight is 426 g/mol. The Kier molecular flexibility index (Phi) is 5.52. The number of nitrogens with one attached hydrogen (secondary N) is 2. The van der Waals surface area contributed by atoms with Gasteiger partial charge in [0.15, 0.2) is 0 Å². The van der Waals surface area contributed by atoms with Crippen molar-refractivity contribution in [3.05, 3.63) is 107 Å². The van der Waals surface area contributed by atoms with Crippen LogP contribution in [0.5, 0.6) is 0 Å².